The number of rotatable bonds is 5. The molecule has 0 N–H and O–H groups in total. The van der Waals surface area contributed by atoms with Crippen molar-refractivity contribution in [2.45, 2.75) is 0 Å². The summed E-state index contributed by atoms with van der Waals surface area (Å²) in [5.41, 5.74) is 11.4. The molecule has 262 valence electrons. The van der Waals surface area contributed by atoms with Crippen LogP contribution in [-0.2, 0) is 0 Å². The van der Waals surface area contributed by atoms with Gasteiger partial charge in [-0.1, -0.05) is 127 Å². The molecule has 9 aromatic carbocycles. The van der Waals surface area contributed by atoms with Gasteiger partial charge in [0.1, 0.15) is 22.3 Å². The summed E-state index contributed by atoms with van der Waals surface area (Å²) in [4.78, 5) is 2.36. The van der Waals surface area contributed by atoms with Crippen molar-refractivity contribution < 1.29 is 8.83 Å². The lowest BCUT2D eigenvalue weighted by Gasteiger charge is -2.26. The van der Waals surface area contributed by atoms with E-state index in [4.69, 9.17) is 8.83 Å². The second-order valence-corrected chi connectivity index (χ2v) is 15.5. The van der Waals surface area contributed by atoms with Gasteiger partial charge in [-0.05, 0) is 82.7 Å². The summed E-state index contributed by atoms with van der Waals surface area (Å²) in [6.07, 6.45) is 0. The van der Waals surface area contributed by atoms with E-state index in [1.165, 1.54) is 25.6 Å². The molecule has 0 fully saturated rings. The Hall–Kier alpha value is -7.14. The molecule has 4 heteroatoms. The van der Waals surface area contributed by atoms with Crippen molar-refractivity contribution >= 4 is 103 Å². The number of anilines is 3. The summed E-state index contributed by atoms with van der Waals surface area (Å²) >= 11 is 1.84. The number of furan rings is 2. The third-order valence-corrected chi connectivity index (χ3v) is 12.4. The van der Waals surface area contributed by atoms with Gasteiger partial charge in [0.15, 0.2) is 0 Å². The van der Waals surface area contributed by atoms with Gasteiger partial charge >= 0.3 is 0 Å². The predicted octanol–water partition coefficient (Wildman–Crippen LogP) is 15.8. The van der Waals surface area contributed by atoms with Crippen LogP contribution in [0.3, 0.4) is 0 Å². The smallest absolute Gasteiger partial charge is 0.143 e. The molecule has 12 aromatic rings. The van der Waals surface area contributed by atoms with Crippen molar-refractivity contribution in [2.75, 3.05) is 4.90 Å². The molecule has 0 aliphatic heterocycles. The lowest BCUT2D eigenvalue weighted by atomic mass is 9.98. The van der Waals surface area contributed by atoms with E-state index >= 15 is 0 Å². The van der Waals surface area contributed by atoms with Crippen LogP contribution in [0.1, 0.15) is 0 Å². The molecule has 0 aliphatic carbocycles. The Bertz CT molecular complexity index is 3480. The summed E-state index contributed by atoms with van der Waals surface area (Å²) in [6, 6.07) is 67.3. The molecule has 0 atom stereocenters. The van der Waals surface area contributed by atoms with Crippen LogP contribution in [0, 0.1) is 0 Å². The van der Waals surface area contributed by atoms with E-state index < -0.39 is 0 Å². The molecule has 0 radical (unpaired) electrons. The Morgan fingerprint density at radius 3 is 1.79 bits per heavy atom. The second-order valence-electron chi connectivity index (χ2n) is 14.4. The molecule has 56 heavy (non-hydrogen) atoms. The molecule has 0 bridgehead atoms. The van der Waals surface area contributed by atoms with Crippen molar-refractivity contribution in [3.05, 3.63) is 188 Å². The summed E-state index contributed by atoms with van der Waals surface area (Å²) in [6.45, 7) is 0. The van der Waals surface area contributed by atoms with Crippen LogP contribution in [0.25, 0.3) is 97.1 Å². The molecule has 3 aromatic heterocycles. The zero-order chi connectivity index (χ0) is 36.7. The van der Waals surface area contributed by atoms with Crippen LogP contribution in [0.4, 0.5) is 17.1 Å². The molecule has 3 heterocycles. The van der Waals surface area contributed by atoms with Crippen LogP contribution >= 0.6 is 11.3 Å². The highest BCUT2D eigenvalue weighted by atomic mass is 32.1. The molecular formula is C52H31NO2S. The zero-order valence-corrected chi connectivity index (χ0v) is 30.9. The number of fused-ring (bicyclic) bond motifs is 11. The Kier molecular flexibility index (Phi) is 6.80. The van der Waals surface area contributed by atoms with Gasteiger partial charge < -0.3 is 13.7 Å². The number of para-hydroxylation sites is 2. The Balaban J connectivity index is 0.986. The van der Waals surface area contributed by atoms with Crippen molar-refractivity contribution in [2.24, 2.45) is 0 Å². The maximum Gasteiger partial charge on any atom is 0.143 e. The average Bonchev–Trinajstić information content (AvgIpc) is 3.96. The Labute approximate surface area is 325 Å². The fourth-order valence-electron chi connectivity index (χ4n) is 8.65. The molecule has 0 unspecified atom stereocenters. The topological polar surface area (TPSA) is 29.5 Å². The van der Waals surface area contributed by atoms with Crippen molar-refractivity contribution in [3.8, 4) is 22.3 Å². The highest BCUT2D eigenvalue weighted by Gasteiger charge is 2.19. The average molecular weight is 734 g/mol. The van der Waals surface area contributed by atoms with E-state index in [1.807, 2.05) is 23.5 Å². The van der Waals surface area contributed by atoms with Gasteiger partial charge in [-0.15, -0.1) is 11.3 Å². The number of thiophene rings is 1. The molecule has 12 rings (SSSR count). The van der Waals surface area contributed by atoms with Crippen LogP contribution in [0.2, 0.25) is 0 Å². The van der Waals surface area contributed by atoms with Gasteiger partial charge in [0.25, 0.3) is 0 Å². The molecular weight excluding hydrogens is 703 g/mol. The second kappa shape index (κ2) is 12.2. The molecule has 3 nitrogen and oxygen atoms in total. The van der Waals surface area contributed by atoms with Gasteiger partial charge in [-0.3, -0.25) is 0 Å². The van der Waals surface area contributed by atoms with Crippen molar-refractivity contribution in [3.63, 3.8) is 0 Å². The maximum atomic E-state index is 6.53. The van der Waals surface area contributed by atoms with Crippen LogP contribution in [-0.4, -0.2) is 0 Å². The van der Waals surface area contributed by atoms with E-state index in [0.717, 1.165) is 88.6 Å². The van der Waals surface area contributed by atoms with Crippen LogP contribution < -0.4 is 4.90 Å². The zero-order valence-electron chi connectivity index (χ0n) is 30.1. The third-order valence-electron chi connectivity index (χ3n) is 11.3. The minimum atomic E-state index is 0.898. The fourth-order valence-corrected chi connectivity index (χ4v) is 9.79. The number of benzene rings is 9. The minimum Gasteiger partial charge on any atom is -0.455 e. The van der Waals surface area contributed by atoms with E-state index in [1.54, 1.807) is 0 Å². The monoisotopic (exact) mass is 733 g/mol. The lowest BCUT2D eigenvalue weighted by Crippen LogP contribution is -2.09. The normalized spacial score (nSPS) is 11.9. The van der Waals surface area contributed by atoms with Crippen LogP contribution in [0.15, 0.2) is 197 Å². The Morgan fingerprint density at radius 2 is 0.946 bits per heavy atom. The number of hydrogen-bond donors (Lipinski definition) is 0. The van der Waals surface area contributed by atoms with Gasteiger partial charge in [-0.25, -0.2) is 0 Å². The largest absolute Gasteiger partial charge is 0.455 e. The quantitative estimate of drug-likeness (QED) is 0.176. The first-order valence-corrected chi connectivity index (χ1v) is 19.7. The predicted molar refractivity (Wildman–Crippen MR) is 237 cm³/mol. The van der Waals surface area contributed by atoms with E-state index in [0.29, 0.717) is 0 Å². The van der Waals surface area contributed by atoms with E-state index in [-0.39, 0.29) is 0 Å². The third kappa shape index (κ3) is 4.76. The van der Waals surface area contributed by atoms with Crippen molar-refractivity contribution in [1.82, 2.24) is 0 Å². The summed E-state index contributed by atoms with van der Waals surface area (Å²) in [7, 11) is 0. The molecule has 0 spiro atoms. The summed E-state index contributed by atoms with van der Waals surface area (Å²) < 4.78 is 15.5. The highest BCUT2D eigenvalue weighted by molar-refractivity contribution is 7.25. The van der Waals surface area contributed by atoms with E-state index in [2.05, 4.69) is 181 Å². The molecule has 0 aliphatic rings. The highest BCUT2D eigenvalue weighted by Crippen LogP contribution is 2.44. The lowest BCUT2D eigenvalue weighted by molar-refractivity contribution is 0.670. The standard InChI is InChI=1S/C52H31NO2S/c1-2-10-39-32(9-1)23-29-45-50-38(13-8-17-47(50)55-52(39)45)33-19-24-35(25-20-33)53(37-28-30-43-42-12-4-6-18-48(42)56-49(43)31-37)36-26-21-34(22-27-36)40-14-7-15-44-41-11-3-5-16-46(41)54-51(40)44/h1-31H. The van der Waals surface area contributed by atoms with Gasteiger partial charge in [-0.2, -0.15) is 0 Å². The van der Waals surface area contributed by atoms with Gasteiger partial charge in [0, 0.05) is 69.7 Å². The SMILES string of the molecule is c1ccc2c(c1)ccc1c2oc2cccc(-c3ccc(N(c4ccc(-c5cccc6c5oc5ccccc56)cc4)c4ccc5c(c4)sc4ccccc45)cc3)c21. The summed E-state index contributed by atoms with van der Waals surface area (Å²) in [5, 5.41) is 9.44. The van der Waals surface area contributed by atoms with Gasteiger partial charge in [0.2, 0.25) is 0 Å². The first-order valence-electron chi connectivity index (χ1n) is 18.9. The first-order chi connectivity index (χ1) is 27.7. The molecule has 0 amide bonds. The van der Waals surface area contributed by atoms with Gasteiger partial charge in [0.05, 0.1) is 0 Å². The molecule has 0 saturated carbocycles. The van der Waals surface area contributed by atoms with E-state index in [9.17, 15) is 0 Å². The fraction of sp³-hybridized carbons (Fsp3) is 0. The Morgan fingerprint density at radius 1 is 0.357 bits per heavy atom. The van der Waals surface area contributed by atoms with Crippen LogP contribution in [0.5, 0.6) is 0 Å². The number of hydrogen-bond acceptors (Lipinski definition) is 4. The number of nitrogens with zero attached hydrogens (tertiary/aromatic N) is 1. The maximum absolute atomic E-state index is 6.53. The first kappa shape index (κ1) is 31.2. The van der Waals surface area contributed by atoms with Crippen molar-refractivity contribution in [1.29, 1.82) is 0 Å². The minimum absolute atomic E-state index is 0.898. The molecule has 0 saturated heterocycles. The summed E-state index contributed by atoms with van der Waals surface area (Å²) in [5.74, 6) is 0.